The van der Waals surface area contributed by atoms with Gasteiger partial charge in [-0.15, -0.1) is 0 Å². The lowest BCUT2D eigenvalue weighted by molar-refractivity contribution is 0.0984. The predicted molar refractivity (Wildman–Crippen MR) is 130 cm³/mol. The molecule has 0 N–H and O–H groups in total. The van der Waals surface area contributed by atoms with Crippen LogP contribution in [0, 0.1) is 0 Å². The third-order valence-corrected chi connectivity index (χ3v) is 8.37. The Hall–Kier alpha value is -3.30. The minimum Gasteiger partial charge on any atom is -0.497 e. The number of fused-ring (bicyclic) bond motifs is 1. The Bertz CT molecular complexity index is 1380. The molecule has 4 rings (SSSR count). The molecule has 0 aliphatic rings. The third kappa shape index (κ3) is 4.74. The number of ether oxygens (including phenoxy) is 1. The van der Waals surface area contributed by atoms with Gasteiger partial charge in [-0.05, 0) is 68.4 Å². The summed E-state index contributed by atoms with van der Waals surface area (Å²) >= 11 is 1.38. The van der Waals surface area contributed by atoms with Gasteiger partial charge in [-0.25, -0.2) is 13.4 Å². The molecule has 0 atom stereocenters. The molecule has 0 aliphatic carbocycles. The molecule has 0 fully saturated rings. The van der Waals surface area contributed by atoms with E-state index in [0.717, 1.165) is 10.2 Å². The van der Waals surface area contributed by atoms with Gasteiger partial charge in [0.1, 0.15) is 5.75 Å². The quantitative estimate of drug-likeness (QED) is 0.379. The van der Waals surface area contributed by atoms with Crippen LogP contribution in [-0.2, 0) is 16.4 Å². The summed E-state index contributed by atoms with van der Waals surface area (Å²) in [6, 6.07) is 17.1. The monoisotopic (exact) mass is 481 g/mol. The van der Waals surface area contributed by atoms with E-state index in [2.05, 4.69) is 9.97 Å². The van der Waals surface area contributed by atoms with Gasteiger partial charge in [-0.1, -0.05) is 17.4 Å². The van der Waals surface area contributed by atoms with E-state index in [1.54, 1.807) is 44.2 Å². The van der Waals surface area contributed by atoms with Crippen molar-refractivity contribution in [3.8, 4) is 5.75 Å². The van der Waals surface area contributed by atoms with E-state index in [0.29, 0.717) is 22.1 Å². The first-order chi connectivity index (χ1) is 15.8. The van der Waals surface area contributed by atoms with Crippen molar-refractivity contribution in [1.82, 2.24) is 9.97 Å². The molecular weight excluding hydrogens is 458 g/mol. The average molecular weight is 482 g/mol. The number of thiazole rings is 1. The minimum absolute atomic E-state index is 0.192. The molecule has 2 aromatic heterocycles. The first kappa shape index (κ1) is 22.9. The molecule has 2 heterocycles. The van der Waals surface area contributed by atoms with Gasteiger partial charge in [0.05, 0.1) is 39.7 Å². The summed E-state index contributed by atoms with van der Waals surface area (Å²) in [5.74, 6) is 0.419. The van der Waals surface area contributed by atoms with Crippen LogP contribution < -0.4 is 9.64 Å². The number of carbonyl (C=O) groups excluding carboxylic acids is 1. The largest absolute Gasteiger partial charge is 0.497 e. The van der Waals surface area contributed by atoms with Gasteiger partial charge in [-0.3, -0.25) is 14.7 Å². The van der Waals surface area contributed by atoms with Crippen molar-refractivity contribution in [2.45, 2.75) is 30.5 Å². The summed E-state index contributed by atoms with van der Waals surface area (Å²) in [5.41, 5.74) is 1.83. The average Bonchev–Trinajstić information content (AvgIpc) is 3.25. The van der Waals surface area contributed by atoms with Crippen molar-refractivity contribution < 1.29 is 17.9 Å². The molecule has 0 saturated heterocycles. The summed E-state index contributed by atoms with van der Waals surface area (Å²) in [7, 11) is -1.82. The number of hydrogen-bond acceptors (Lipinski definition) is 7. The van der Waals surface area contributed by atoms with Crippen LogP contribution in [0.1, 0.15) is 29.9 Å². The Morgan fingerprint density at radius 2 is 1.85 bits per heavy atom. The third-order valence-electron chi connectivity index (χ3n) is 5.16. The summed E-state index contributed by atoms with van der Waals surface area (Å²) in [4.78, 5) is 24.3. The maximum atomic E-state index is 13.5. The van der Waals surface area contributed by atoms with E-state index in [1.807, 2.05) is 36.4 Å². The van der Waals surface area contributed by atoms with Crippen LogP contribution in [0.25, 0.3) is 10.2 Å². The summed E-state index contributed by atoms with van der Waals surface area (Å²) in [6.45, 7) is 3.49. The Balaban J connectivity index is 1.72. The summed E-state index contributed by atoms with van der Waals surface area (Å²) in [6.07, 6.45) is 1.67. The Morgan fingerprint density at radius 3 is 2.48 bits per heavy atom. The molecule has 0 aliphatic heterocycles. The second-order valence-corrected chi connectivity index (χ2v) is 11.2. The van der Waals surface area contributed by atoms with Crippen molar-refractivity contribution in [2.24, 2.45) is 0 Å². The molecule has 1 amide bonds. The highest BCUT2D eigenvalue weighted by Gasteiger charge is 2.24. The second kappa shape index (κ2) is 9.29. The maximum absolute atomic E-state index is 13.5. The zero-order valence-electron chi connectivity index (χ0n) is 18.4. The summed E-state index contributed by atoms with van der Waals surface area (Å²) < 4.78 is 31.1. The van der Waals surface area contributed by atoms with Gasteiger partial charge in [0, 0.05) is 11.8 Å². The maximum Gasteiger partial charge on any atom is 0.260 e. The number of sulfone groups is 1. The lowest BCUT2D eigenvalue weighted by atomic mass is 10.2. The smallest absolute Gasteiger partial charge is 0.260 e. The number of carbonyl (C=O) groups is 1. The molecule has 2 aromatic carbocycles. The van der Waals surface area contributed by atoms with Crippen LogP contribution in [0.3, 0.4) is 0 Å². The zero-order valence-corrected chi connectivity index (χ0v) is 20.1. The fourth-order valence-electron chi connectivity index (χ4n) is 3.23. The lowest BCUT2D eigenvalue weighted by Gasteiger charge is -2.20. The number of hydrogen-bond donors (Lipinski definition) is 0. The summed E-state index contributed by atoms with van der Waals surface area (Å²) in [5, 5.41) is -0.0211. The molecule has 33 heavy (non-hydrogen) atoms. The minimum atomic E-state index is -3.42. The van der Waals surface area contributed by atoms with Crippen molar-refractivity contribution in [3.05, 3.63) is 78.1 Å². The van der Waals surface area contributed by atoms with Crippen molar-refractivity contribution in [3.63, 3.8) is 0 Å². The second-order valence-electron chi connectivity index (χ2n) is 7.66. The zero-order chi connectivity index (χ0) is 23.6. The van der Waals surface area contributed by atoms with Crippen LogP contribution in [0.4, 0.5) is 5.13 Å². The number of amides is 1. The normalized spacial score (nSPS) is 11.6. The van der Waals surface area contributed by atoms with Gasteiger partial charge in [0.2, 0.25) is 0 Å². The molecular formula is C24H23N3O4S2. The molecule has 0 saturated carbocycles. The Labute approximate surface area is 196 Å². The van der Waals surface area contributed by atoms with E-state index < -0.39 is 15.1 Å². The van der Waals surface area contributed by atoms with Gasteiger partial charge in [-0.2, -0.15) is 0 Å². The van der Waals surface area contributed by atoms with Gasteiger partial charge < -0.3 is 4.74 Å². The number of anilines is 1. The van der Waals surface area contributed by atoms with E-state index in [9.17, 15) is 13.2 Å². The van der Waals surface area contributed by atoms with Crippen LogP contribution in [0.5, 0.6) is 5.75 Å². The molecule has 9 heteroatoms. The van der Waals surface area contributed by atoms with Crippen molar-refractivity contribution in [1.29, 1.82) is 0 Å². The molecule has 170 valence electrons. The highest BCUT2D eigenvalue weighted by molar-refractivity contribution is 7.92. The molecule has 4 aromatic rings. The molecule has 0 spiro atoms. The molecule has 0 unspecified atom stereocenters. The van der Waals surface area contributed by atoms with E-state index >= 15 is 0 Å². The number of pyridine rings is 1. The predicted octanol–water partition coefficient (Wildman–Crippen LogP) is 4.73. The van der Waals surface area contributed by atoms with Crippen LogP contribution in [0.2, 0.25) is 0 Å². The SMILES string of the molecule is COc1ccc2nc(N(Cc3ccccn3)C(=O)c3ccc(S(=O)(=O)C(C)C)cc3)sc2c1. The van der Waals surface area contributed by atoms with Gasteiger partial charge >= 0.3 is 0 Å². The fraction of sp³-hybridized carbons (Fsp3) is 0.208. The van der Waals surface area contributed by atoms with Crippen molar-refractivity contribution in [2.75, 3.05) is 12.0 Å². The first-order valence-corrected chi connectivity index (χ1v) is 12.7. The number of rotatable bonds is 7. The van der Waals surface area contributed by atoms with E-state index in [1.165, 1.54) is 23.5 Å². The van der Waals surface area contributed by atoms with Crippen LogP contribution >= 0.6 is 11.3 Å². The number of benzene rings is 2. The number of methoxy groups -OCH3 is 1. The van der Waals surface area contributed by atoms with E-state index in [-0.39, 0.29) is 17.3 Å². The molecule has 0 radical (unpaired) electrons. The number of aromatic nitrogens is 2. The van der Waals surface area contributed by atoms with E-state index in [4.69, 9.17) is 4.74 Å². The standard InChI is InChI=1S/C24H23N3O4S2/c1-16(2)33(29,30)20-10-7-17(8-11-20)23(28)27(15-18-6-4-5-13-25-18)24-26-21-12-9-19(31-3)14-22(21)32-24/h4-14,16H,15H2,1-3H3. The Kier molecular flexibility index (Phi) is 6.44. The van der Waals surface area contributed by atoms with Crippen LogP contribution in [0.15, 0.2) is 71.8 Å². The highest BCUT2D eigenvalue weighted by atomic mass is 32.2. The van der Waals surface area contributed by atoms with Crippen molar-refractivity contribution >= 4 is 42.4 Å². The fourth-order valence-corrected chi connectivity index (χ4v) is 5.28. The molecule has 0 bridgehead atoms. The molecule has 7 nitrogen and oxygen atoms in total. The topological polar surface area (TPSA) is 89.5 Å². The lowest BCUT2D eigenvalue weighted by Crippen LogP contribution is -2.30. The van der Waals surface area contributed by atoms with Gasteiger partial charge in [0.15, 0.2) is 15.0 Å². The van der Waals surface area contributed by atoms with Crippen LogP contribution in [-0.4, -0.2) is 36.7 Å². The first-order valence-electron chi connectivity index (χ1n) is 10.3. The number of nitrogens with zero attached hydrogens (tertiary/aromatic N) is 3. The highest BCUT2D eigenvalue weighted by Crippen LogP contribution is 2.33. The van der Waals surface area contributed by atoms with Gasteiger partial charge in [0.25, 0.3) is 5.91 Å². The Morgan fingerprint density at radius 1 is 1.09 bits per heavy atom.